The molecule has 0 saturated heterocycles. The molecule has 0 atom stereocenters. The summed E-state index contributed by atoms with van der Waals surface area (Å²) in [5.74, 6) is 0.680. The monoisotopic (exact) mass is 242 g/mol. The van der Waals surface area contributed by atoms with Gasteiger partial charge in [0.2, 0.25) is 5.91 Å². The van der Waals surface area contributed by atoms with E-state index in [0.29, 0.717) is 17.3 Å². The molecule has 16 heavy (non-hydrogen) atoms. The molecule has 0 unspecified atom stereocenters. The van der Waals surface area contributed by atoms with Crippen LogP contribution in [0.2, 0.25) is 0 Å². The molecule has 0 heterocycles. The Balaban J connectivity index is 2.52. The van der Waals surface area contributed by atoms with Crippen LogP contribution in [-0.4, -0.2) is 16.4 Å². The van der Waals surface area contributed by atoms with Gasteiger partial charge in [-0.2, -0.15) is 0 Å². The van der Waals surface area contributed by atoms with Gasteiger partial charge in [0, 0.05) is 6.42 Å². The van der Waals surface area contributed by atoms with Crippen LogP contribution in [0.3, 0.4) is 0 Å². The molecule has 1 fully saturated rings. The SMILES string of the molecule is CCC(CC)(NC(=O)CC1CCC1)C(N)=S. The molecule has 1 aliphatic rings. The molecule has 1 rings (SSSR count). The van der Waals surface area contributed by atoms with Crippen LogP contribution in [0.15, 0.2) is 0 Å². The number of thiocarbonyl (C=S) groups is 1. The van der Waals surface area contributed by atoms with Gasteiger partial charge in [0.25, 0.3) is 0 Å². The van der Waals surface area contributed by atoms with Crippen molar-refractivity contribution in [2.24, 2.45) is 11.7 Å². The second-order valence-electron chi connectivity index (χ2n) is 4.70. The largest absolute Gasteiger partial charge is 0.391 e. The zero-order chi connectivity index (χ0) is 12.2. The molecule has 1 aliphatic carbocycles. The fourth-order valence-electron chi connectivity index (χ4n) is 2.11. The van der Waals surface area contributed by atoms with Gasteiger partial charge < -0.3 is 11.1 Å². The first-order valence-corrected chi connectivity index (χ1v) is 6.55. The fraction of sp³-hybridized carbons (Fsp3) is 0.833. The lowest BCUT2D eigenvalue weighted by Crippen LogP contribution is -2.56. The summed E-state index contributed by atoms with van der Waals surface area (Å²) >= 11 is 5.06. The molecular formula is C12H22N2OS. The van der Waals surface area contributed by atoms with Crippen LogP contribution >= 0.6 is 12.2 Å². The second kappa shape index (κ2) is 5.62. The van der Waals surface area contributed by atoms with E-state index in [1.165, 1.54) is 19.3 Å². The highest BCUT2D eigenvalue weighted by Crippen LogP contribution is 2.29. The third kappa shape index (κ3) is 2.94. The lowest BCUT2D eigenvalue weighted by molar-refractivity contribution is -0.123. The van der Waals surface area contributed by atoms with Gasteiger partial charge in [-0.3, -0.25) is 4.79 Å². The molecule has 3 N–H and O–H groups in total. The van der Waals surface area contributed by atoms with Crippen molar-refractivity contribution < 1.29 is 4.79 Å². The summed E-state index contributed by atoms with van der Waals surface area (Å²) in [6.07, 6.45) is 5.78. The van der Waals surface area contributed by atoms with Gasteiger partial charge in [-0.1, -0.05) is 32.5 Å². The van der Waals surface area contributed by atoms with Crippen LogP contribution in [0.5, 0.6) is 0 Å². The summed E-state index contributed by atoms with van der Waals surface area (Å²) in [4.78, 5) is 12.3. The Kier molecular flexibility index (Phi) is 4.71. The Hall–Kier alpha value is -0.640. The number of hydrogen-bond donors (Lipinski definition) is 2. The highest BCUT2D eigenvalue weighted by molar-refractivity contribution is 7.80. The average molecular weight is 242 g/mol. The first kappa shape index (κ1) is 13.4. The maximum atomic E-state index is 11.9. The van der Waals surface area contributed by atoms with Gasteiger partial charge in [0.15, 0.2) is 0 Å². The molecule has 1 amide bonds. The van der Waals surface area contributed by atoms with E-state index in [0.717, 1.165) is 12.8 Å². The fourth-order valence-corrected chi connectivity index (χ4v) is 2.45. The molecule has 0 aromatic heterocycles. The summed E-state index contributed by atoms with van der Waals surface area (Å²) in [6, 6.07) is 0. The third-order valence-electron chi connectivity index (χ3n) is 3.76. The number of nitrogens with two attached hydrogens (primary N) is 1. The van der Waals surface area contributed by atoms with Crippen molar-refractivity contribution >= 4 is 23.1 Å². The quantitative estimate of drug-likeness (QED) is 0.702. The van der Waals surface area contributed by atoms with E-state index in [1.54, 1.807) is 0 Å². The van der Waals surface area contributed by atoms with Crippen LogP contribution in [0, 0.1) is 5.92 Å². The maximum absolute atomic E-state index is 11.9. The van der Waals surface area contributed by atoms with Crippen molar-refractivity contribution in [3.8, 4) is 0 Å². The zero-order valence-corrected chi connectivity index (χ0v) is 11.0. The third-order valence-corrected chi connectivity index (χ3v) is 4.15. The van der Waals surface area contributed by atoms with Crippen LogP contribution < -0.4 is 11.1 Å². The van der Waals surface area contributed by atoms with E-state index >= 15 is 0 Å². The smallest absolute Gasteiger partial charge is 0.221 e. The van der Waals surface area contributed by atoms with E-state index in [1.807, 2.05) is 13.8 Å². The molecule has 0 bridgehead atoms. The Morgan fingerprint density at radius 2 is 2.00 bits per heavy atom. The van der Waals surface area contributed by atoms with E-state index in [-0.39, 0.29) is 5.91 Å². The Morgan fingerprint density at radius 3 is 2.31 bits per heavy atom. The van der Waals surface area contributed by atoms with Crippen molar-refractivity contribution in [3.05, 3.63) is 0 Å². The van der Waals surface area contributed by atoms with E-state index in [9.17, 15) is 4.79 Å². The van der Waals surface area contributed by atoms with Gasteiger partial charge >= 0.3 is 0 Å². The summed E-state index contributed by atoms with van der Waals surface area (Å²) < 4.78 is 0. The number of rotatable bonds is 6. The van der Waals surface area contributed by atoms with Crippen molar-refractivity contribution in [2.45, 2.75) is 57.9 Å². The number of carbonyl (C=O) groups excluding carboxylic acids is 1. The highest BCUT2D eigenvalue weighted by Gasteiger charge is 2.32. The van der Waals surface area contributed by atoms with Gasteiger partial charge in [-0.25, -0.2) is 0 Å². The predicted octanol–water partition coefficient (Wildman–Crippen LogP) is 2.14. The molecule has 0 aliphatic heterocycles. The number of carbonyl (C=O) groups is 1. The van der Waals surface area contributed by atoms with Crippen molar-refractivity contribution in [1.29, 1.82) is 0 Å². The summed E-state index contributed by atoms with van der Waals surface area (Å²) in [6.45, 7) is 4.01. The Bertz CT molecular complexity index is 270. The van der Waals surface area contributed by atoms with Crippen molar-refractivity contribution in [3.63, 3.8) is 0 Å². The Morgan fingerprint density at radius 1 is 1.44 bits per heavy atom. The lowest BCUT2D eigenvalue weighted by Gasteiger charge is -2.33. The molecule has 1 saturated carbocycles. The molecular weight excluding hydrogens is 220 g/mol. The minimum atomic E-state index is -0.476. The van der Waals surface area contributed by atoms with Crippen LogP contribution in [0.25, 0.3) is 0 Å². The summed E-state index contributed by atoms with van der Waals surface area (Å²) in [5, 5.41) is 3.02. The highest BCUT2D eigenvalue weighted by atomic mass is 32.1. The van der Waals surface area contributed by atoms with Crippen LogP contribution in [0.4, 0.5) is 0 Å². The lowest BCUT2D eigenvalue weighted by atomic mass is 9.82. The van der Waals surface area contributed by atoms with E-state index in [2.05, 4.69) is 5.32 Å². The standard InChI is InChI=1S/C12H22N2OS/c1-3-12(4-2,11(13)16)14-10(15)8-9-6-5-7-9/h9H,3-8H2,1-2H3,(H2,13,16)(H,14,15). The molecule has 92 valence electrons. The number of amides is 1. The first-order valence-electron chi connectivity index (χ1n) is 6.15. The van der Waals surface area contributed by atoms with Crippen LogP contribution in [-0.2, 0) is 4.79 Å². The Labute approximate surface area is 103 Å². The number of nitrogens with one attached hydrogen (secondary N) is 1. The van der Waals surface area contributed by atoms with E-state index in [4.69, 9.17) is 18.0 Å². The first-order chi connectivity index (χ1) is 7.54. The predicted molar refractivity (Wildman–Crippen MR) is 70.2 cm³/mol. The molecule has 0 spiro atoms. The topological polar surface area (TPSA) is 55.1 Å². The van der Waals surface area contributed by atoms with Crippen LogP contribution in [0.1, 0.15) is 52.4 Å². The minimum absolute atomic E-state index is 0.0983. The van der Waals surface area contributed by atoms with Gasteiger partial charge in [0.1, 0.15) is 0 Å². The van der Waals surface area contributed by atoms with Gasteiger partial charge in [0.05, 0.1) is 10.5 Å². The normalized spacial score (nSPS) is 16.6. The van der Waals surface area contributed by atoms with Crippen molar-refractivity contribution in [2.75, 3.05) is 0 Å². The average Bonchev–Trinajstić information content (AvgIpc) is 2.20. The summed E-state index contributed by atoms with van der Waals surface area (Å²) in [7, 11) is 0. The summed E-state index contributed by atoms with van der Waals surface area (Å²) in [5.41, 5.74) is 5.26. The maximum Gasteiger partial charge on any atom is 0.221 e. The molecule has 0 aromatic rings. The second-order valence-corrected chi connectivity index (χ2v) is 5.14. The minimum Gasteiger partial charge on any atom is -0.391 e. The van der Waals surface area contributed by atoms with Gasteiger partial charge in [-0.05, 0) is 31.6 Å². The molecule has 3 nitrogen and oxygen atoms in total. The van der Waals surface area contributed by atoms with Crippen molar-refractivity contribution in [1.82, 2.24) is 5.32 Å². The zero-order valence-electron chi connectivity index (χ0n) is 10.2. The molecule has 0 aromatic carbocycles. The number of hydrogen-bond acceptors (Lipinski definition) is 2. The van der Waals surface area contributed by atoms with E-state index < -0.39 is 5.54 Å². The van der Waals surface area contributed by atoms with Gasteiger partial charge in [-0.15, -0.1) is 0 Å². The molecule has 4 heteroatoms. The molecule has 0 radical (unpaired) electrons.